The summed E-state index contributed by atoms with van der Waals surface area (Å²) in [5.41, 5.74) is -0.255. The largest absolute Gasteiger partial charge is 0.384 e. The molecule has 0 spiro atoms. The van der Waals surface area contributed by atoms with Gasteiger partial charge in [-0.15, -0.1) is 0 Å². The maximum Gasteiger partial charge on any atom is 0.247 e. The van der Waals surface area contributed by atoms with Crippen molar-refractivity contribution in [2.75, 3.05) is 5.75 Å². The van der Waals surface area contributed by atoms with Gasteiger partial charge in [-0.25, -0.2) is 12.8 Å². The third kappa shape index (κ3) is 2.73. The van der Waals surface area contributed by atoms with Gasteiger partial charge in [0.1, 0.15) is 11.9 Å². The van der Waals surface area contributed by atoms with Gasteiger partial charge in [-0.1, -0.05) is 48.3 Å². The third-order valence-corrected chi connectivity index (χ3v) is 5.95. The minimum absolute atomic E-state index is 0.255. The van der Waals surface area contributed by atoms with Gasteiger partial charge in [0.05, 0.1) is 5.75 Å². The fourth-order valence-electron chi connectivity index (χ4n) is 1.24. The van der Waals surface area contributed by atoms with Crippen LogP contribution in [0, 0.1) is 5.82 Å². The summed E-state index contributed by atoms with van der Waals surface area (Å²) in [7, 11) is -3.95. The fraction of sp³-hybridized carbons (Fsp3) is 0.400. The molecule has 0 aliphatic rings. The Kier molecular flexibility index (Phi) is 4.41. The van der Waals surface area contributed by atoms with Gasteiger partial charge in [-0.3, -0.25) is 0 Å². The van der Waals surface area contributed by atoms with E-state index in [0.29, 0.717) is 0 Å². The summed E-state index contributed by atoms with van der Waals surface area (Å²) in [4.78, 5) is 0. The summed E-state index contributed by atoms with van der Waals surface area (Å²) in [6.07, 6.45) is -1.85. The molecule has 1 rings (SSSR count). The Morgan fingerprint density at radius 3 is 2.41 bits per heavy atom. The van der Waals surface area contributed by atoms with Gasteiger partial charge in [0.2, 0.25) is 3.67 Å². The number of hydrogen-bond acceptors (Lipinski definition) is 3. The molecule has 17 heavy (non-hydrogen) atoms. The second-order valence-corrected chi connectivity index (χ2v) is 7.67. The van der Waals surface area contributed by atoms with Crippen LogP contribution in [-0.2, 0) is 9.84 Å². The average Bonchev–Trinajstić information content (AvgIpc) is 2.28. The van der Waals surface area contributed by atoms with Crippen molar-refractivity contribution in [3.63, 3.8) is 0 Å². The van der Waals surface area contributed by atoms with Crippen LogP contribution in [-0.4, -0.2) is 22.9 Å². The molecular formula is C10H11Cl2FO3S. The molecule has 0 radical (unpaired) electrons. The van der Waals surface area contributed by atoms with Crippen LogP contribution in [0.3, 0.4) is 0 Å². The molecule has 0 heterocycles. The van der Waals surface area contributed by atoms with E-state index in [1.807, 2.05) is 0 Å². The van der Waals surface area contributed by atoms with Crippen LogP contribution in [0.25, 0.3) is 0 Å². The van der Waals surface area contributed by atoms with Crippen molar-refractivity contribution in [1.29, 1.82) is 0 Å². The quantitative estimate of drug-likeness (QED) is 0.869. The minimum atomic E-state index is -3.95. The van der Waals surface area contributed by atoms with Crippen molar-refractivity contribution in [2.24, 2.45) is 0 Å². The zero-order valence-electron chi connectivity index (χ0n) is 8.90. The SMILES string of the molecule is CCS(=O)(=O)C(Cl)(Cl)[C@H](O)c1ccccc1F. The van der Waals surface area contributed by atoms with Crippen LogP contribution in [0.4, 0.5) is 4.39 Å². The van der Waals surface area contributed by atoms with Gasteiger partial charge >= 0.3 is 0 Å². The standard InChI is InChI=1S/C10H11Cl2FO3S/c1-2-17(15,16)10(11,12)9(14)7-5-3-4-6-8(7)13/h3-6,9,14H,2H2,1H3/t9-/m1/s1. The lowest BCUT2D eigenvalue weighted by Gasteiger charge is -2.25. The van der Waals surface area contributed by atoms with Crippen LogP contribution in [0.5, 0.6) is 0 Å². The molecule has 1 N–H and O–H groups in total. The van der Waals surface area contributed by atoms with Crippen LogP contribution in [0.2, 0.25) is 0 Å². The normalized spacial score (nSPS) is 14.6. The summed E-state index contributed by atoms with van der Waals surface area (Å²) in [5, 5.41) is 9.81. The highest BCUT2D eigenvalue weighted by molar-refractivity contribution is 7.95. The Bertz CT molecular complexity index is 502. The number of halogens is 3. The second-order valence-electron chi connectivity index (χ2n) is 3.39. The Morgan fingerprint density at radius 2 is 1.94 bits per heavy atom. The van der Waals surface area contributed by atoms with Crippen molar-refractivity contribution in [3.8, 4) is 0 Å². The molecule has 0 aliphatic heterocycles. The zero-order chi connectivity index (χ0) is 13.3. The molecule has 96 valence electrons. The maximum atomic E-state index is 13.4. The lowest BCUT2D eigenvalue weighted by atomic mass is 10.1. The van der Waals surface area contributed by atoms with Gasteiger partial charge < -0.3 is 5.11 Å². The molecule has 1 atom stereocenters. The molecular weight excluding hydrogens is 290 g/mol. The molecule has 0 bridgehead atoms. The molecule has 7 heteroatoms. The predicted molar refractivity (Wildman–Crippen MR) is 65.3 cm³/mol. The van der Waals surface area contributed by atoms with Crippen LogP contribution in [0.1, 0.15) is 18.6 Å². The first-order valence-electron chi connectivity index (χ1n) is 4.76. The number of rotatable bonds is 4. The van der Waals surface area contributed by atoms with E-state index in [4.69, 9.17) is 23.2 Å². The number of hydrogen-bond donors (Lipinski definition) is 1. The molecule has 1 aromatic rings. The average molecular weight is 301 g/mol. The smallest absolute Gasteiger partial charge is 0.247 e. The molecule has 0 saturated carbocycles. The van der Waals surface area contributed by atoms with Gasteiger partial charge in [0, 0.05) is 5.56 Å². The Hall–Kier alpha value is -0.360. The maximum absolute atomic E-state index is 13.4. The fourth-order valence-corrected chi connectivity index (χ4v) is 2.98. The van der Waals surface area contributed by atoms with Gasteiger partial charge in [-0.2, -0.15) is 0 Å². The monoisotopic (exact) mass is 300 g/mol. The molecule has 0 unspecified atom stereocenters. The zero-order valence-corrected chi connectivity index (χ0v) is 11.2. The molecule has 0 aliphatic carbocycles. The van der Waals surface area contributed by atoms with E-state index in [0.717, 1.165) is 6.07 Å². The van der Waals surface area contributed by atoms with Crippen molar-refractivity contribution in [2.45, 2.75) is 16.7 Å². The van der Waals surface area contributed by atoms with Crippen LogP contribution in [0.15, 0.2) is 24.3 Å². The Balaban J connectivity index is 3.23. The van der Waals surface area contributed by atoms with Gasteiger partial charge in [-0.05, 0) is 6.07 Å². The lowest BCUT2D eigenvalue weighted by Crippen LogP contribution is -2.35. The Morgan fingerprint density at radius 1 is 1.41 bits per heavy atom. The van der Waals surface area contributed by atoms with E-state index in [1.165, 1.54) is 25.1 Å². The predicted octanol–water partition coefficient (Wildman–Crippen LogP) is 2.43. The summed E-state index contributed by atoms with van der Waals surface area (Å²) in [5.74, 6) is -1.12. The summed E-state index contributed by atoms with van der Waals surface area (Å²) >= 11 is 11.3. The molecule has 1 aromatic carbocycles. The molecule has 3 nitrogen and oxygen atoms in total. The van der Waals surface area contributed by atoms with Crippen molar-refractivity contribution in [3.05, 3.63) is 35.6 Å². The van der Waals surface area contributed by atoms with Crippen LogP contribution >= 0.6 is 23.2 Å². The van der Waals surface area contributed by atoms with Crippen molar-refractivity contribution in [1.82, 2.24) is 0 Å². The first kappa shape index (κ1) is 14.7. The topological polar surface area (TPSA) is 54.4 Å². The van der Waals surface area contributed by atoms with E-state index >= 15 is 0 Å². The second kappa shape index (κ2) is 5.10. The minimum Gasteiger partial charge on any atom is -0.384 e. The lowest BCUT2D eigenvalue weighted by molar-refractivity contribution is 0.176. The van der Waals surface area contributed by atoms with Crippen LogP contribution < -0.4 is 0 Å². The van der Waals surface area contributed by atoms with Gasteiger partial charge in [0.15, 0.2) is 9.84 Å². The molecule has 0 aromatic heterocycles. The van der Waals surface area contributed by atoms with E-state index in [2.05, 4.69) is 0 Å². The van der Waals surface area contributed by atoms with E-state index in [1.54, 1.807) is 0 Å². The van der Waals surface area contributed by atoms with Crippen molar-refractivity contribution < 1.29 is 17.9 Å². The van der Waals surface area contributed by atoms with E-state index in [9.17, 15) is 17.9 Å². The highest BCUT2D eigenvalue weighted by Gasteiger charge is 2.47. The number of alkyl halides is 2. The van der Waals surface area contributed by atoms with E-state index in [-0.39, 0.29) is 11.3 Å². The first-order valence-corrected chi connectivity index (χ1v) is 7.17. The van der Waals surface area contributed by atoms with E-state index < -0.39 is 25.4 Å². The number of aliphatic hydroxyl groups excluding tert-OH is 1. The third-order valence-electron chi connectivity index (χ3n) is 2.31. The summed E-state index contributed by atoms with van der Waals surface area (Å²) in [6.45, 7) is 1.34. The Labute approximate surface area is 109 Å². The number of sulfone groups is 1. The molecule has 0 saturated heterocycles. The van der Waals surface area contributed by atoms with Crippen molar-refractivity contribution >= 4 is 33.0 Å². The van der Waals surface area contributed by atoms with Gasteiger partial charge in [0.25, 0.3) is 0 Å². The molecule has 0 fully saturated rings. The molecule has 0 amide bonds. The number of benzene rings is 1. The highest BCUT2D eigenvalue weighted by Crippen LogP contribution is 2.41. The summed E-state index contributed by atoms with van der Waals surface area (Å²) in [6, 6.07) is 5.17. The summed E-state index contributed by atoms with van der Waals surface area (Å²) < 4.78 is 34.1. The number of aliphatic hydroxyl groups is 1. The highest BCUT2D eigenvalue weighted by atomic mass is 35.5. The first-order chi connectivity index (χ1) is 7.74.